The summed E-state index contributed by atoms with van der Waals surface area (Å²) in [6.45, 7) is 7.98. The number of hydrogen-bond acceptors (Lipinski definition) is 2. The van der Waals surface area contributed by atoms with Crippen molar-refractivity contribution in [2.45, 2.75) is 39.2 Å². The van der Waals surface area contributed by atoms with Crippen molar-refractivity contribution < 1.29 is 9.53 Å². The lowest BCUT2D eigenvalue weighted by Gasteiger charge is -2.34. The Kier molecular flexibility index (Phi) is 4.67. The maximum Gasteiger partial charge on any atom is 0.320 e. The number of rotatable bonds is 2. The zero-order chi connectivity index (χ0) is 15.5. The molecule has 2 heterocycles. The fourth-order valence-electron chi connectivity index (χ4n) is 3.51. The smallest absolute Gasteiger partial charge is 0.320 e. The van der Waals surface area contributed by atoms with Crippen molar-refractivity contribution in [2.75, 3.05) is 32.8 Å². The second-order valence-electron chi connectivity index (χ2n) is 6.51. The Balaban J connectivity index is 1.70. The SMILES string of the molecule is Cc1ccc(C)c(CC2CCCN2C(=O)N2CCOCC2)c1. The van der Waals surface area contributed by atoms with Crippen LogP contribution in [0.25, 0.3) is 0 Å². The van der Waals surface area contributed by atoms with E-state index >= 15 is 0 Å². The van der Waals surface area contributed by atoms with Gasteiger partial charge in [0.05, 0.1) is 13.2 Å². The van der Waals surface area contributed by atoms with Crippen LogP contribution in [0.4, 0.5) is 4.79 Å². The van der Waals surface area contributed by atoms with E-state index in [4.69, 9.17) is 4.74 Å². The minimum absolute atomic E-state index is 0.205. The number of hydrogen-bond donors (Lipinski definition) is 0. The third-order valence-corrected chi connectivity index (χ3v) is 4.86. The Hall–Kier alpha value is -1.55. The third kappa shape index (κ3) is 3.27. The molecule has 4 heteroatoms. The highest BCUT2D eigenvalue weighted by atomic mass is 16.5. The van der Waals surface area contributed by atoms with Gasteiger partial charge in [0.2, 0.25) is 0 Å². The van der Waals surface area contributed by atoms with Gasteiger partial charge in [-0.25, -0.2) is 4.79 Å². The number of morpholine rings is 1. The summed E-state index contributed by atoms with van der Waals surface area (Å²) in [6, 6.07) is 7.16. The van der Waals surface area contributed by atoms with Crippen LogP contribution in [0.5, 0.6) is 0 Å². The highest BCUT2D eigenvalue weighted by Crippen LogP contribution is 2.24. The lowest BCUT2D eigenvalue weighted by Crippen LogP contribution is -2.50. The second kappa shape index (κ2) is 6.69. The standard InChI is InChI=1S/C18H26N2O2/c1-14-5-6-15(2)16(12-14)13-17-4-3-7-20(17)18(21)19-8-10-22-11-9-19/h5-6,12,17H,3-4,7-11,13H2,1-2H3. The molecule has 3 rings (SSSR count). The molecule has 4 nitrogen and oxygen atoms in total. The quantitative estimate of drug-likeness (QED) is 0.841. The van der Waals surface area contributed by atoms with Crippen LogP contribution >= 0.6 is 0 Å². The second-order valence-corrected chi connectivity index (χ2v) is 6.51. The summed E-state index contributed by atoms with van der Waals surface area (Å²) in [4.78, 5) is 16.8. The van der Waals surface area contributed by atoms with Crippen LogP contribution in [0.2, 0.25) is 0 Å². The fraction of sp³-hybridized carbons (Fsp3) is 0.611. The molecule has 2 fully saturated rings. The molecule has 22 heavy (non-hydrogen) atoms. The van der Waals surface area contributed by atoms with Crippen LogP contribution in [0.1, 0.15) is 29.5 Å². The minimum Gasteiger partial charge on any atom is -0.378 e. The van der Waals surface area contributed by atoms with Crippen LogP contribution < -0.4 is 0 Å². The lowest BCUT2D eigenvalue weighted by atomic mass is 9.98. The molecule has 0 bridgehead atoms. The van der Waals surface area contributed by atoms with Gasteiger partial charge in [0.25, 0.3) is 0 Å². The van der Waals surface area contributed by atoms with Crippen molar-refractivity contribution in [3.05, 3.63) is 34.9 Å². The number of likely N-dealkylation sites (tertiary alicyclic amines) is 1. The molecule has 2 saturated heterocycles. The van der Waals surface area contributed by atoms with Crippen LogP contribution in [0, 0.1) is 13.8 Å². The highest BCUT2D eigenvalue weighted by molar-refractivity contribution is 5.75. The zero-order valence-electron chi connectivity index (χ0n) is 13.7. The van der Waals surface area contributed by atoms with Crippen LogP contribution in [0.15, 0.2) is 18.2 Å². The molecule has 2 aliphatic rings. The normalized spacial score (nSPS) is 22.2. The average Bonchev–Trinajstić information content (AvgIpc) is 2.99. The molecule has 0 aromatic heterocycles. The molecule has 120 valence electrons. The number of amides is 2. The van der Waals surface area contributed by atoms with Gasteiger partial charge >= 0.3 is 6.03 Å². The third-order valence-electron chi connectivity index (χ3n) is 4.86. The van der Waals surface area contributed by atoms with Gasteiger partial charge in [-0.2, -0.15) is 0 Å². The fourth-order valence-corrected chi connectivity index (χ4v) is 3.51. The van der Waals surface area contributed by atoms with E-state index in [0.29, 0.717) is 19.3 Å². The van der Waals surface area contributed by atoms with Crippen molar-refractivity contribution in [1.82, 2.24) is 9.80 Å². The molecule has 0 N–H and O–H groups in total. The Bertz CT molecular complexity index is 538. The molecule has 0 aliphatic carbocycles. The molecule has 1 aromatic carbocycles. The van der Waals surface area contributed by atoms with Gasteiger partial charge in [-0.1, -0.05) is 23.8 Å². The van der Waals surface area contributed by atoms with Crippen molar-refractivity contribution in [3.8, 4) is 0 Å². The van der Waals surface area contributed by atoms with Crippen LogP contribution in [-0.2, 0) is 11.2 Å². The summed E-state index contributed by atoms with van der Waals surface area (Å²) in [5, 5.41) is 0. The summed E-state index contributed by atoms with van der Waals surface area (Å²) in [6.07, 6.45) is 3.21. The molecule has 0 saturated carbocycles. The summed E-state index contributed by atoms with van der Waals surface area (Å²) >= 11 is 0. The number of benzene rings is 1. The first-order valence-corrected chi connectivity index (χ1v) is 8.34. The first-order chi connectivity index (χ1) is 10.6. The van der Waals surface area contributed by atoms with Crippen molar-refractivity contribution in [1.29, 1.82) is 0 Å². The number of nitrogens with zero attached hydrogens (tertiary/aromatic N) is 2. The van der Waals surface area contributed by atoms with Crippen LogP contribution in [-0.4, -0.2) is 54.7 Å². The Morgan fingerprint density at radius 1 is 1.23 bits per heavy atom. The predicted molar refractivity (Wildman–Crippen MR) is 87.1 cm³/mol. The van der Waals surface area contributed by atoms with Gasteiger partial charge in [-0.3, -0.25) is 0 Å². The van der Waals surface area contributed by atoms with E-state index < -0.39 is 0 Å². The molecule has 0 radical (unpaired) electrons. The van der Waals surface area contributed by atoms with E-state index in [9.17, 15) is 4.79 Å². The molecule has 1 atom stereocenters. The topological polar surface area (TPSA) is 32.8 Å². The van der Waals surface area contributed by atoms with Gasteiger partial charge < -0.3 is 14.5 Å². The zero-order valence-corrected chi connectivity index (χ0v) is 13.7. The largest absolute Gasteiger partial charge is 0.378 e. The van der Waals surface area contributed by atoms with Gasteiger partial charge in [0.15, 0.2) is 0 Å². The van der Waals surface area contributed by atoms with E-state index in [0.717, 1.165) is 38.9 Å². The lowest BCUT2D eigenvalue weighted by molar-refractivity contribution is 0.0422. The maximum atomic E-state index is 12.7. The van der Waals surface area contributed by atoms with E-state index in [1.165, 1.54) is 16.7 Å². The number of urea groups is 1. The summed E-state index contributed by atoms with van der Waals surface area (Å²) in [5.41, 5.74) is 4.01. The summed E-state index contributed by atoms with van der Waals surface area (Å²) in [5.74, 6) is 0. The van der Waals surface area contributed by atoms with E-state index in [1.807, 2.05) is 4.90 Å². The van der Waals surface area contributed by atoms with Gasteiger partial charge in [-0.15, -0.1) is 0 Å². The Labute approximate surface area is 133 Å². The van der Waals surface area contributed by atoms with Crippen molar-refractivity contribution in [3.63, 3.8) is 0 Å². The maximum absolute atomic E-state index is 12.7. The molecule has 2 aliphatic heterocycles. The molecular formula is C18H26N2O2. The Morgan fingerprint density at radius 3 is 2.77 bits per heavy atom. The van der Waals surface area contributed by atoms with Gasteiger partial charge in [-0.05, 0) is 44.2 Å². The summed E-state index contributed by atoms with van der Waals surface area (Å²) in [7, 11) is 0. The molecule has 2 amide bonds. The first kappa shape index (κ1) is 15.3. The highest BCUT2D eigenvalue weighted by Gasteiger charge is 2.32. The average molecular weight is 302 g/mol. The molecule has 0 spiro atoms. The van der Waals surface area contributed by atoms with E-state index in [1.54, 1.807) is 0 Å². The minimum atomic E-state index is 0.205. The molecule has 1 aromatic rings. The van der Waals surface area contributed by atoms with Gasteiger partial charge in [0.1, 0.15) is 0 Å². The van der Waals surface area contributed by atoms with Crippen LogP contribution in [0.3, 0.4) is 0 Å². The van der Waals surface area contributed by atoms with Crippen molar-refractivity contribution >= 4 is 6.03 Å². The number of aryl methyl sites for hydroxylation is 2. The van der Waals surface area contributed by atoms with Crippen molar-refractivity contribution in [2.24, 2.45) is 0 Å². The number of carbonyl (C=O) groups is 1. The van der Waals surface area contributed by atoms with E-state index in [2.05, 4.69) is 36.9 Å². The molecular weight excluding hydrogens is 276 g/mol. The number of carbonyl (C=O) groups excluding carboxylic acids is 1. The predicted octanol–water partition coefficient (Wildman–Crippen LogP) is 2.76. The van der Waals surface area contributed by atoms with Gasteiger partial charge in [0, 0.05) is 25.7 Å². The number of ether oxygens (including phenoxy) is 1. The first-order valence-electron chi connectivity index (χ1n) is 8.34. The summed E-state index contributed by atoms with van der Waals surface area (Å²) < 4.78 is 5.35. The Morgan fingerprint density at radius 2 is 2.00 bits per heavy atom. The molecule has 1 unspecified atom stereocenters. The monoisotopic (exact) mass is 302 g/mol. The van der Waals surface area contributed by atoms with E-state index in [-0.39, 0.29) is 6.03 Å².